The Morgan fingerprint density at radius 1 is 0.500 bits per heavy atom. The molecule has 0 heterocycles. The van der Waals surface area contributed by atoms with E-state index in [0.717, 1.165) is 44.1 Å². The van der Waals surface area contributed by atoms with E-state index in [1.54, 1.807) is 0 Å². The Hall–Kier alpha value is -2.17. The van der Waals surface area contributed by atoms with Crippen LogP contribution in [0.25, 0.3) is 11.1 Å². The average molecular weight is 784 g/mol. The van der Waals surface area contributed by atoms with Gasteiger partial charge in [0.15, 0.2) is 0 Å². The molecule has 0 bridgehead atoms. The van der Waals surface area contributed by atoms with Crippen LogP contribution in [0, 0.1) is 0 Å². The summed E-state index contributed by atoms with van der Waals surface area (Å²) in [4.78, 5) is 3.46. The minimum absolute atomic E-state index is 0.899. The molecule has 0 spiro atoms. The van der Waals surface area contributed by atoms with E-state index in [9.17, 15) is 5.53 Å². The third-order valence-electron chi connectivity index (χ3n) is 10.4. The van der Waals surface area contributed by atoms with E-state index in [4.69, 9.17) is 0 Å². The summed E-state index contributed by atoms with van der Waals surface area (Å²) < 4.78 is 0. The van der Waals surface area contributed by atoms with Crippen molar-refractivity contribution in [3.8, 4) is 0 Å². The molecule has 2 rings (SSSR count). The van der Waals surface area contributed by atoms with E-state index in [2.05, 4.69) is 101 Å². The van der Waals surface area contributed by atoms with Gasteiger partial charge in [-0.3, -0.25) is 0 Å². The van der Waals surface area contributed by atoms with Crippen LogP contribution >= 0.6 is 0 Å². The topological polar surface area (TPSA) is 36.4 Å². The Morgan fingerprint density at radius 2 is 0.907 bits per heavy atom. The quantitative estimate of drug-likeness (QED) is 0.0177. The second-order valence-electron chi connectivity index (χ2n) is 15.4. The molecule has 0 unspecified atom stereocenters. The molecular formula is C51H84N2Ni. The van der Waals surface area contributed by atoms with Crippen LogP contribution in [-0.4, -0.2) is 10.7 Å². The second kappa shape index (κ2) is 36.5. The molecule has 308 valence electrons. The monoisotopic (exact) mass is 783 g/mol. The summed E-state index contributed by atoms with van der Waals surface area (Å²) in [6.07, 6.45) is 34.3. The molecule has 2 aromatic carbocycles. The van der Waals surface area contributed by atoms with E-state index in [0.29, 0.717) is 0 Å². The van der Waals surface area contributed by atoms with E-state index in [1.165, 1.54) is 179 Å². The number of aryl methyl sites for hydroxylation is 2. The fraction of sp³-hybridized carbons (Fsp3) is 0.686. The fourth-order valence-corrected chi connectivity index (χ4v) is 8.32. The average Bonchev–Trinajstić information content (AvgIpc) is 3.19. The van der Waals surface area contributed by atoms with Gasteiger partial charge in [-0.05, 0) is 84.8 Å². The van der Waals surface area contributed by atoms with Crippen molar-refractivity contribution in [2.75, 3.05) is 0 Å². The van der Waals surface area contributed by atoms with Gasteiger partial charge in [-0.25, -0.2) is 0 Å². The number of rotatable bonds is 32. The van der Waals surface area contributed by atoms with Crippen molar-refractivity contribution < 1.29 is 19.2 Å². The molecule has 0 saturated heterocycles. The molecule has 3 heteroatoms. The molecular weight excluding hydrogens is 699 g/mol. The molecule has 0 atom stereocenters. The second-order valence-corrected chi connectivity index (χ2v) is 16.9. The molecule has 0 fully saturated rings. The van der Waals surface area contributed by atoms with E-state index >= 15 is 0 Å². The first-order chi connectivity index (χ1) is 26.6. The number of hydrogen-bond donors (Lipinski definition) is 0. The Morgan fingerprint density at radius 3 is 1.39 bits per heavy atom. The Kier molecular flexibility index (Phi) is 33.7. The van der Waals surface area contributed by atoms with Gasteiger partial charge >= 0.3 is 109 Å². The van der Waals surface area contributed by atoms with Crippen LogP contribution in [0.2, 0.25) is 10.8 Å². The van der Waals surface area contributed by atoms with Gasteiger partial charge in [0, 0.05) is 0 Å². The third-order valence-corrected chi connectivity index (χ3v) is 11.8. The van der Waals surface area contributed by atoms with Crippen LogP contribution in [-0.2, 0) is 27.3 Å². The van der Waals surface area contributed by atoms with Gasteiger partial charge in [0.25, 0.3) is 0 Å². The summed E-state index contributed by atoms with van der Waals surface area (Å²) in [5.74, 6) is 3.05. The molecule has 2 nitrogen and oxygen atoms in total. The number of nitrogens with zero attached hydrogens (tertiary/aromatic N) is 2. The molecule has 0 saturated carbocycles. The zero-order valence-electron chi connectivity index (χ0n) is 36.3. The van der Waals surface area contributed by atoms with Gasteiger partial charge < -0.3 is 5.53 Å². The molecule has 0 aromatic heterocycles. The fourth-order valence-electron chi connectivity index (χ4n) is 7.08. The van der Waals surface area contributed by atoms with Crippen molar-refractivity contribution in [2.45, 2.75) is 226 Å². The normalized spacial score (nSPS) is 11.4. The summed E-state index contributed by atoms with van der Waals surface area (Å²) in [7, 11) is 0. The molecule has 0 amide bonds. The Bertz CT molecular complexity index is 1280. The standard InChI is InChI=1S/C37H54N2.2C7H15.Ni/c1-5-9-13-17-21-32-23-19-26-34(29-32)37(33-25-18-22-31(28-33)20-14-10-6-2)36(27-16-12-8-4)35(30-39-38)24-15-11-7-3;2*1-3-5-7-6-4-2;/h18-19,22-23,25-26,28-29H,5-17,20-21,24,27H2,1-4H3;2*1,3-7H2,2H3;. The van der Waals surface area contributed by atoms with Crippen LogP contribution in [0.1, 0.15) is 224 Å². The number of benzene rings is 2. The maximum Gasteiger partial charge on any atom is 0.303 e. The Labute approximate surface area is 342 Å². The third kappa shape index (κ3) is 24.4. The molecule has 0 aliphatic carbocycles. The summed E-state index contributed by atoms with van der Waals surface area (Å²) in [5.41, 5.74) is 18.7. The van der Waals surface area contributed by atoms with E-state index in [1.807, 2.05) is 14.4 Å². The van der Waals surface area contributed by atoms with Gasteiger partial charge in [0.2, 0.25) is 0 Å². The van der Waals surface area contributed by atoms with Crippen molar-refractivity contribution in [2.24, 2.45) is 0 Å². The maximum atomic E-state index is 9.66. The van der Waals surface area contributed by atoms with Gasteiger partial charge in [-0.1, -0.05) is 134 Å². The van der Waals surface area contributed by atoms with Gasteiger partial charge in [0.05, 0.1) is 5.57 Å². The minimum Gasteiger partial charge on any atom is -0.348 e. The number of allylic oxidation sites excluding steroid dienone is 2. The Balaban J connectivity index is 0.000000817. The zero-order valence-corrected chi connectivity index (χ0v) is 37.3. The van der Waals surface area contributed by atoms with Crippen LogP contribution < -0.4 is 0 Å². The smallest absolute Gasteiger partial charge is 0.303 e. The molecule has 0 radical (unpaired) electrons. The van der Waals surface area contributed by atoms with Crippen molar-refractivity contribution >= 4 is 11.4 Å². The first kappa shape index (κ1) is 49.9. The van der Waals surface area contributed by atoms with Crippen LogP contribution in [0.5, 0.6) is 0 Å². The molecule has 0 aliphatic rings. The largest absolute Gasteiger partial charge is 0.348 e. The predicted molar refractivity (Wildman–Crippen MR) is 238 cm³/mol. The van der Waals surface area contributed by atoms with Crippen molar-refractivity contribution in [3.05, 3.63) is 87.5 Å². The van der Waals surface area contributed by atoms with Crippen LogP contribution in [0.4, 0.5) is 0 Å². The first-order valence-corrected chi connectivity index (χ1v) is 24.3. The molecule has 2 aromatic rings. The molecule has 54 heavy (non-hydrogen) atoms. The van der Waals surface area contributed by atoms with Crippen molar-refractivity contribution in [1.82, 2.24) is 0 Å². The van der Waals surface area contributed by atoms with Crippen LogP contribution in [0.15, 0.2) is 59.7 Å². The number of unbranched alkanes of at least 4 members (excludes halogenated alkanes) is 17. The van der Waals surface area contributed by atoms with Crippen molar-refractivity contribution in [1.29, 1.82) is 0 Å². The zero-order chi connectivity index (χ0) is 39.3. The minimum atomic E-state index is 0.899. The van der Waals surface area contributed by atoms with E-state index < -0.39 is 0 Å². The maximum absolute atomic E-state index is 9.66. The first-order valence-electron chi connectivity index (χ1n) is 22.9. The molecule has 0 N–H and O–H groups in total. The summed E-state index contributed by atoms with van der Waals surface area (Å²) in [5, 5.41) is 2.84. The number of hydrogen-bond acceptors (Lipinski definition) is 0. The van der Waals surface area contributed by atoms with Gasteiger partial charge in [-0.15, -0.1) is 4.79 Å². The van der Waals surface area contributed by atoms with Gasteiger partial charge in [0.1, 0.15) is 0 Å². The van der Waals surface area contributed by atoms with Crippen LogP contribution in [0.3, 0.4) is 0 Å². The SMILES string of the molecule is CCCCCC[CH2][Ni][CH2]CCCCCC.CCCCCCc1cccc(C(=C(CCCCC)C(=C=[N+]=[N-])CCCCC)c2cccc(CCCCC)c2)c1. The molecule has 0 aliphatic heterocycles. The van der Waals surface area contributed by atoms with Gasteiger partial charge in [-0.2, -0.15) is 0 Å². The van der Waals surface area contributed by atoms with E-state index in [-0.39, 0.29) is 0 Å². The summed E-state index contributed by atoms with van der Waals surface area (Å²) >= 11 is 2.00. The summed E-state index contributed by atoms with van der Waals surface area (Å²) in [6.45, 7) is 13.6. The predicted octanol–water partition coefficient (Wildman–Crippen LogP) is 17.2. The van der Waals surface area contributed by atoms with Crippen molar-refractivity contribution in [3.63, 3.8) is 0 Å². The summed E-state index contributed by atoms with van der Waals surface area (Å²) in [6, 6.07) is 18.4.